The molecule has 214 valence electrons. The number of aliphatic hydroxyl groups excluding tert-OH is 1. The Morgan fingerprint density at radius 2 is 1.56 bits per heavy atom. The van der Waals surface area contributed by atoms with Crippen LogP contribution in [-0.2, 0) is 14.3 Å². The Morgan fingerprint density at radius 3 is 2.17 bits per heavy atom. The standard InChI is InChI=1S/C34H36O7/c1-19-17-33-20(2)15-25-26(32(25,3)4)24(28(33)36)16-23(18-40-30(37)21-11-7-5-8-12-21)27(35)34(33,39)29(19)41-31(38)22-13-9-6-10-14-22/h5-14,16-17,20,24-27,29,35,39H,15,18H2,1-4H3/t20-,24-,25-,26+,27-,29+,33+,34+/m1/s1. The van der Waals surface area contributed by atoms with E-state index < -0.39 is 41.1 Å². The lowest BCUT2D eigenvalue weighted by Gasteiger charge is -2.48. The van der Waals surface area contributed by atoms with Gasteiger partial charge in [0, 0.05) is 5.92 Å². The van der Waals surface area contributed by atoms with Crippen molar-refractivity contribution < 1.29 is 34.1 Å². The molecule has 2 N–H and O–H groups in total. The molecule has 2 aromatic carbocycles. The Hall–Kier alpha value is -3.55. The fourth-order valence-corrected chi connectivity index (χ4v) is 8.14. The number of hydrogen-bond donors (Lipinski definition) is 2. The van der Waals surface area contributed by atoms with E-state index in [4.69, 9.17) is 9.47 Å². The number of Topliss-reactive ketones (excluding diaryl/α,β-unsaturated/α-hetero) is 1. The van der Waals surface area contributed by atoms with Gasteiger partial charge in [-0.3, -0.25) is 4.79 Å². The average molecular weight is 557 g/mol. The number of benzene rings is 2. The number of esters is 2. The highest BCUT2D eigenvalue weighted by Crippen LogP contribution is 2.71. The summed E-state index contributed by atoms with van der Waals surface area (Å²) in [4.78, 5) is 40.8. The maximum Gasteiger partial charge on any atom is 0.338 e. The van der Waals surface area contributed by atoms with Gasteiger partial charge in [-0.25, -0.2) is 9.59 Å². The predicted molar refractivity (Wildman–Crippen MR) is 151 cm³/mol. The van der Waals surface area contributed by atoms with Crippen molar-refractivity contribution in [3.05, 3.63) is 95.1 Å². The van der Waals surface area contributed by atoms with Crippen molar-refractivity contribution in [3.63, 3.8) is 0 Å². The molecular formula is C34H36O7. The van der Waals surface area contributed by atoms with Gasteiger partial charge in [-0.15, -0.1) is 0 Å². The van der Waals surface area contributed by atoms with Crippen LogP contribution in [0.3, 0.4) is 0 Å². The lowest BCUT2D eigenvalue weighted by atomic mass is 9.59. The third-order valence-corrected chi connectivity index (χ3v) is 10.3. The highest BCUT2D eigenvalue weighted by atomic mass is 16.6. The molecule has 6 rings (SSSR count). The third kappa shape index (κ3) is 3.89. The van der Waals surface area contributed by atoms with E-state index in [1.807, 2.05) is 6.92 Å². The van der Waals surface area contributed by atoms with Crippen LogP contribution < -0.4 is 0 Å². The van der Waals surface area contributed by atoms with Crippen molar-refractivity contribution in [2.45, 2.75) is 51.9 Å². The number of ketones is 1. The molecule has 0 aliphatic heterocycles. The molecule has 2 fully saturated rings. The number of carbonyl (C=O) groups is 3. The quantitative estimate of drug-likeness (QED) is 0.411. The van der Waals surface area contributed by atoms with Crippen LogP contribution in [-0.4, -0.2) is 52.4 Å². The minimum atomic E-state index is -2.20. The highest BCUT2D eigenvalue weighted by Gasteiger charge is 2.76. The van der Waals surface area contributed by atoms with Crippen LogP contribution in [0, 0.1) is 34.5 Å². The molecule has 0 unspecified atom stereocenters. The Morgan fingerprint density at radius 1 is 0.976 bits per heavy atom. The van der Waals surface area contributed by atoms with E-state index in [0.29, 0.717) is 23.1 Å². The molecule has 2 bridgehead atoms. The number of ether oxygens (including phenoxy) is 2. The van der Waals surface area contributed by atoms with Crippen LogP contribution in [0.25, 0.3) is 0 Å². The zero-order chi connectivity index (χ0) is 29.3. The van der Waals surface area contributed by atoms with Crippen LogP contribution in [0.5, 0.6) is 0 Å². The van der Waals surface area contributed by atoms with Crippen molar-refractivity contribution in [2.75, 3.05) is 6.61 Å². The molecule has 0 heterocycles. The van der Waals surface area contributed by atoms with Crippen LogP contribution in [0.15, 0.2) is 84.0 Å². The summed E-state index contributed by atoms with van der Waals surface area (Å²) in [6.07, 6.45) is 1.22. The molecule has 4 aliphatic carbocycles. The van der Waals surface area contributed by atoms with Gasteiger partial charge in [0.2, 0.25) is 0 Å². The van der Waals surface area contributed by atoms with Gasteiger partial charge in [-0.05, 0) is 71.9 Å². The maximum absolute atomic E-state index is 14.7. The van der Waals surface area contributed by atoms with Gasteiger partial charge in [0.1, 0.15) is 12.7 Å². The molecule has 0 aromatic heterocycles. The summed E-state index contributed by atoms with van der Waals surface area (Å²) in [5, 5.41) is 24.8. The molecule has 0 radical (unpaired) electrons. The molecule has 2 saturated carbocycles. The first-order valence-corrected chi connectivity index (χ1v) is 14.3. The Balaban J connectivity index is 1.43. The molecular weight excluding hydrogens is 520 g/mol. The predicted octanol–water partition coefficient (Wildman–Crippen LogP) is 4.54. The second kappa shape index (κ2) is 9.50. The normalized spacial score (nSPS) is 36.5. The van der Waals surface area contributed by atoms with E-state index in [1.165, 1.54) is 0 Å². The van der Waals surface area contributed by atoms with Crippen molar-refractivity contribution in [2.24, 2.45) is 34.5 Å². The zero-order valence-corrected chi connectivity index (χ0v) is 23.7. The number of aliphatic hydroxyl groups is 2. The van der Waals surface area contributed by atoms with Crippen molar-refractivity contribution in [1.29, 1.82) is 0 Å². The second-order valence-corrected chi connectivity index (χ2v) is 12.8. The van der Waals surface area contributed by atoms with Gasteiger partial charge in [-0.2, -0.15) is 0 Å². The van der Waals surface area contributed by atoms with Crippen LogP contribution in [0.4, 0.5) is 0 Å². The second-order valence-electron chi connectivity index (χ2n) is 12.8. The summed E-state index contributed by atoms with van der Waals surface area (Å²) < 4.78 is 11.6. The first-order valence-electron chi connectivity index (χ1n) is 14.3. The molecule has 8 atom stereocenters. The Bertz CT molecular complexity index is 1460. The molecule has 0 amide bonds. The summed E-state index contributed by atoms with van der Waals surface area (Å²) in [6.45, 7) is 7.64. The molecule has 1 spiro atoms. The summed E-state index contributed by atoms with van der Waals surface area (Å²) in [7, 11) is 0. The van der Waals surface area contributed by atoms with Gasteiger partial charge in [-0.1, -0.05) is 69.3 Å². The summed E-state index contributed by atoms with van der Waals surface area (Å²) >= 11 is 0. The largest absolute Gasteiger partial charge is 0.457 e. The number of rotatable bonds is 5. The van der Waals surface area contributed by atoms with E-state index in [2.05, 4.69) is 13.8 Å². The number of hydrogen-bond acceptors (Lipinski definition) is 7. The van der Waals surface area contributed by atoms with E-state index in [1.54, 1.807) is 79.7 Å². The molecule has 2 aromatic rings. The SMILES string of the molecule is CC1=C[C@]23C(=O)[C@H](C=C(COC(=O)c4ccccc4)[C@@H](O)[C@]2(O)[C@H]1OC(=O)c1ccccc1)[C@H]1[C@@H](C[C@H]3C)C1(C)C. The Labute approximate surface area is 239 Å². The fourth-order valence-electron chi connectivity index (χ4n) is 8.14. The van der Waals surface area contributed by atoms with Gasteiger partial charge in [0.25, 0.3) is 0 Å². The van der Waals surface area contributed by atoms with Gasteiger partial charge < -0.3 is 19.7 Å². The molecule has 7 heteroatoms. The summed E-state index contributed by atoms with van der Waals surface area (Å²) in [6, 6.07) is 16.9. The van der Waals surface area contributed by atoms with Crippen molar-refractivity contribution >= 4 is 17.7 Å². The smallest absolute Gasteiger partial charge is 0.338 e. The van der Waals surface area contributed by atoms with Gasteiger partial charge in [0.05, 0.1) is 16.5 Å². The monoisotopic (exact) mass is 556 g/mol. The zero-order valence-electron chi connectivity index (χ0n) is 23.7. The van der Waals surface area contributed by atoms with E-state index in [9.17, 15) is 24.6 Å². The van der Waals surface area contributed by atoms with E-state index in [0.717, 1.165) is 0 Å². The molecule has 4 aliphatic rings. The lowest BCUT2D eigenvalue weighted by molar-refractivity contribution is -0.190. The van der Waals surface area contributed by atoms with Crippen LogP contribution in [0.2, 0.25) is 0 Å². The van der Waals surface area contributed by atoms with E-state index in [-0.39, 0.29) is 41.1 Å². The summed E-state index contributed by atoms with van der Waals surface area (Å²) in [5.41, 5.74) is -2.40. The molecule has 0 saturated heterocycles. The first-order chi connectivity index (χ1) is 19.4. The molecule has 7 nitrogen and oxygen atoms in total. The van der Waals surface area contributed by atoms with Gasteiger partial charge in [0.15, 0.2) is 17.5 Å². The molecule has 41 heavy (non-hydrogen) atoms. The highest BCUT2D eigenvalue weighted by molar-refractivity contribution is 5.96. The summed E-state index contributed by atoms with van der Waals surface area (Å²) in [5.74, 6) is -2.11. The van der Waals surface area contributed by atoms with Crippen LogP contribution in [0.1, 0.15) is 54.8 Å². The Kier molecular flexibility index (Phi) is 6.40. The first kappa shape index (κ1) is 27.6. The third-order valence-electron chi connectivity index (χ3n) is 10.3. The minimum absolute atomic E-state index is 0.0193. The van der Waals surface area contributed by atoms with Gasteiger partial charge >= 0.3 is 11.9 Å². The number of allylic oxidation sites excluding steroid dienone is 1. The fraction of sp³-hybridized carbons (Fsp3) is 0.441. The van der Waals surface area contributed by atoms with Crippen molar-refractivity contribution in [3.8, 4) is 0 Å². The lowest BCUT2D eigenvalue weighted by Crippen LogP contribution is -2.65. The average Bonchev–Trinajstić information content (AvgIpc) is 3.46. The number of fused-ring (bicyclic) bond motifs is 3. The van der Waals surface area contributed by atoms with Crippen molar-refractivity contribution in [1.82, 2.24) is 0 Å². The topological polar surface area (TPSA) is 110 Å². The van der Waals surface area contributed by atoms with Crippen LogP contribution >= 0.6 is 0 Å². The minimum Gasteiger partial charge on any atom is -0.457 e. The van der Waals surface area contributed by atoms with E-state index >= 15 is 0 Å². The maximum atomic E-state index is 14.7. The number of carbonyl (C=O) groups excluding carboxylic acids is 3.